The van der Waals surface area contributed by atoms with Gasteiger partial charge in [-0.25, -0.2) is 4.79 Å². The predicted octanol–water partition coefficient (Wildman–Crippen LogP) is 4.24. The van der Waals surface area contributed by atoms with Crippen LogP contribution in [0.15, 0.2) is 11.6 Å². The summed E-state index contributed by atoms with van der Waals surface area (Å²) in [6.07, 6.45) is 2.17. The van der Waals surface area contributed by atoms with Crippen LogP contribution in [0.1, 0.15) is 27.2 Å². The summed E-state index contributed by atoms with van der Waals surface area (Å²) in [5.74, 6) is -0.582. The monoisotopic (exact) mass is 371 g/mol. The van der Waals surface area contributed by atoms with Crippen molar-refractivity contribution in [2.24, 2.45) is 0 Å². The second-order valence-corrected chi connectivity index (χ2v) is 16.0. The molecule has 0 aromatic heterocycles. The summed E-state index contributed by atoms with van der Waals surface area (Å²) in [4.78, 5) is 11.9. The first kappa shape index (κ1) is 23.1. The van der Waals surface area contributed by atoms with Gasteiger partial charge in [0.1, 0.15) is 18.2 Å². The highest BCUT2D eigenvalue weighted by Crippen LogP contribution is 2.21. The lowest BCUT2D eigenvalue weighted by Gasteiger charge is -2.27. The lowest BCUT2D eigenvalue weighted by Crippen LogP contribution is -2.35. The fourth-order valence-corrected chi connectivity index (χ4v) is 5.63. The van der Waals surface area contributed by atoms with Gasteiger partial charge in [-0.3, -0.25) is 0 Å². The molecule has 0 aliphatic heterocycles. The van der Waals surface area contributed by atoms with Crippen LogP contribution < -0.4 is 0 Å². The van der Waals surface area contributed by atoms with Crippen LogP contribution >= 0.6 is 0 Å². The molecule has 0 radical (unpaired) electrons. The molecule has 0 fully saturated rings. The SMILES string of the molecule is CC[Si](CC)(CC)OCCC=C(C#N)C(=O)OCCO[Si](C)(C)C. The Balaban J connectivity index is 4.30. The van der Waals surface area contributed by atoms with Crippen molar-refractivity contribution in [1.29, 1.82) is 5.26 Å². The van der Waals surface area contributed by atoms with Crippen molar-refractivity contribution in [3.8, 4) is 6.07 Å². The number of esters is 1. The van der Waals surface area contributed by atoms with Gasteiger partial charge in [0.15, 0.2) is 16.6 Å². The highest BCUT2D eigenvalue weighted by molar-refractivity contribution is 6.73. The van der Waals surface area contributed by atoms with Crippen molar-refractivity contribution in [2.45, 2.75) is 65.0 Å². The maximum Gasteiger partial charge on any atom is 0.348 e. The molecular formula is C17H33NO4Si2. The minimum atomic E-state index is -1.61. The third-order valence-electron chi connectivity index (χ3n) is 4.00. The van der Waals surface area contributed by atoms with E-state index in [1.807, 2.05) is 6.07 Å². The molecule has 0 bridgehead atoms. The predicted molar refractivity (Wildman–Crippen MR) is 102 cm³/mol. The Morgan fingerprint density at radius 1 is 1.00 bits per heavy atom. The Bertz CT molecular complexity index is 440. The number of hydrogen-bond acceptors (Lipinski definition) is 5. The molecule has 0 unspecified atom stereocenters. The summed E-state index contributed by atoms with van der Waals surface area (Å²) < 4.78 is 16.8. The van der Waals surface area contributed by atoms with E-state index in [1.54, 1.807) is 6.08 Å². The number of nitrogens with zero attached hydrogens (tertiary/aromatic N) is 1. The number of carbonyl (C=O) groups is 1. The second-order valence-electron chi connectivity index (χ2n) is 6.71. The number of carbonyl (C=O) groups excluding carboxylic acids is 1. The van der Waals surface area contributed by atoms with E-state index >= 15 is 0 Å². The molecule has 0 heterocycles. The zero-order valence-corrected chi connectivity index (χ0v) is 18.1. The lowest BCUT2D eigenvalue weighted by molar-refractivity contribution is -0.139. The summed E-state index contributed by atoms with van der Waals surface area (Å²) in [7, 11) is -3.21. The normalized spacial score (nSPS) is 12.8. The standard InChI is InChI=1S/C17H33NO4Si2/c1-7-24(8-2,9-3)22-12-10-11-16(15-18)17(19)20-13-14-21-23(4,5)6/h11H,7-10,12-14H2,1-6H3. The van der Waals surface area contributed by atoms with Crippen LogP contribution in [0.2, 0.25) is 37.8 Å². The smallest absolute Gasteiger partial charge is 0.348 e. The van der Waals surface area contributed by atoms with Crippen molar-refractivity contribution in [3.05, 3.63) is 11.6 Å². The van der Waals surface area contributed by atoms with Gasteiger partial charge in [0.05, 0.1) is 6.61 Å². The Morgan fingerprint density at radius 3 is 2.04 bits per heavy atom. The highest BCUT2D eigenvalue weighted by atomic mass is 28.4. The minimum Gasteiger partial charge on any atom is -0.459 e. The minimum absolute atomic E-state index is 0.0448. The molecule has 0 spiro atoms. The average Bonchev–Trinajstić information content (AvgIpc) is 2.55. The molecule has 7 heteroatoms. The number of ether oxygens (including phenoxy) is 1. The Morgan fingerprint density at radius 2 is 1.58 bits per heavy atom. The van der Waals surface area contributed by atoms with E-state index < -0.39 is 22.6 Å². The van der Waals surface area contributed by atoms with Crippen LogP contribution in [-0.4, -0.2) is 42.4 Å². The lowest BCUT2D eigenvalue weighted by atomic mass is 10.2. The molecule has 5 nitrogen and oxygen atoms in total. The average molecular weight is 372 g/mol. The molecule has 24 heavy (non-hydrogen) atoms. The third kappa shape index (κ3) is 9.37. The zero-order valence-electron chi connectivity index (χ0n) is 16.1. The molecular weight excluding hydrogens is 338 g/mol. The third-order valence-corrected chi connectivity index (χ3v) is 9.75. The molecule has 0 aliphatic carbocycles. The maximum absolute atomic E-state index is 11.9. The van der Waals surface area contributed by atoms with Crippen LogP contribution in [0.3, 0.4) is 0 Å². The molecule has 0 aromatic rings. The molecule has 138 valence electrons. The molecule has 0 saturated carbocycles. The van der Waals surface area contributed by atoms with Gasteiger partial charge in [0.25, 0.3) is 0 Å². The van der Waals surface area contributed by atoms with Gasteiger partial charge < -0.3 is 13.6 Å². The molecule has 0 aliphatic rings. The number of hydrogen-bond donors (Lipinski definition) is 0. The van der Waals surface area contributed by atoms with E-state index in [0.29, 0.717) is 19.6 Å². The van der Waals surface area contributed by atoms with Crippen molar-refractivity contribution in [2.75, 3.05) is 19.8 Å². The van der Waals surface area contributed by atoms with Gasteiger partial charge in [0.2, 0.25) is 0 Å². The molecule has 0 saturated heterocycles. The zero-order chi connectivity index (χ0) is 18.6. The molecule has 0 amide bonds. The Kier molecular flexibility index (Phi) is 11.1. The molecule has 0 rings (SSSR count). The van der Waals surface area contributed by atoms with Gasteiger partial charge in [0, 0.05) is 6.61 Å². The largest absolute Gasteiger partial charge is 0.459 e. The molecule has 0 N–H and O–H groups in total. The van der Waals surface area contributed by atoms with Crippen molar-refractivity contribution in [3.63, 3.8) is 0 Å². The maximum atomic E-state index is 11.9. The highest BCUT2D eigenvalue weighted by Gasteiger charge is 2.28. The van der Waals surface area contributed by atoms with E-state index in [1.165, 1.54) is 0 Å². The summed E-state index contributed by atoms with van der Waals surface area (Å²) in [5, 5.41) is 9.10. The van der Waals surface area contributed by atoms with E-state index in [-0.39, 0.29) is 12.2 Å². The van der Waals surface area contributed by atoms with Crippen molar-refractivity contribution in [1.82, 2.24) is 0 Å². The van der Waals surface area contributed by atoms with Crippen molar-refractivity contribution >= 4 is 22.6 Å². The van der Waals surface area contributed by atoms with E-state index in [0.717, 1.165) is 18.1 Å². The van der Waals surface area contributed by atoms with Gasteiger partial charge in [-0.1, -0.05) is 26.8 Å². The van der Waals surface area contributed by atoms with Crippen LogP contribution in [0, 0.1) is 11.3 Å². The first-order chi connectivity index (χ1) is 11.2. The first-order valence-electron chi connectivity index (χ1n) is 8.79. The van der Waals surface area contributed by atoms with Crippen LogP contribution in [0.25, 0.3) is 0 Å². The van der Waals surface area contributed by atoms with Gasteiger partial charge in [-0.2, -0.15) is 5.26 Å². The topological polar surface area (TPSA) is 68.5 Å². The number of rotatable bonds is 12. The Labute approximate surface area is 149 Å². The quantitative estimate of drug-likeness (QED) is 0.169. The van der Waals surface area contributed by atoms with Gasteiger partial charge in [-0.15, -0.1) is 0 Å². The fourth-order valence-electron chi connectivity index (χ4n) is 2.27. The van der Waals surface area contributed by atoms with E-state index in [2.05, 4.69) is 40.4 Å². The summed E-state index contributed by atoms with van der Waals surface area (Å²) in [6.45, 7) is 13.8. The fraction of sp³-hybridized carbons (Fsp3) is 0.765. The van der Waals surface area contributed by atoms with E-state index in [4.69, 9.17) is 18.9 Å². The van der Waals surface area contributed by atoms with E-state index in [9.17, 15) is 4.79 Å². The molecule has 0 aromatic carbocycles. The first-order valence-corrected chi connectivity index (χ1v) is 14.7. The Hall–Kier alpha value is -0.946. The van der Waals surface area contributed by atoms with Crippen LogP contribution in [0.4, 0.5) is 0 Å². The van der Waals surface area contributed by atoms with Crippen molar-refractivity contribution < 1.29 is 18.4 Å². The number of nitriles is 1. The summed E-state index contributed by atoms with van der Waals surface area (Å²) in [5.41, 5.74) is 0.0448. The molecule has 0 atom stereocenters. The van der Waals surface area contributed by atoms with Crippen LogP contribution in [-0.2, 0) is 18.4 Å². The van der Waals surface area contributed by atoms with Gasteiger partial charge >= 0.3 is 5.97 Å². The summed E-state index contributed by atoms with van der Waals surface area (Å²) >= 11 is 0. The second kappa shape index (κ2) is 11.6. The summed E-state index contributed by atoms with van der Waals surface area (Å²) in [6, 6.07) is 5.18. The van der Waals surface area contributed by atoms with Gasteiger partial charge in [-0.05, 0) is 44.2 Å². The van der Waals surface area contributed by atoms with Crippen LogP contribution in [0.5, 0.6) is 0 Å².